The van der Waals surface area contributed by atoms with Crippen molar-refractivity contribution in [2.45, 2.75) is 18.4 Å². The van der Waals surface area contributed by atoms with Gasteiger partial charge in [0.15, 0.2) is 0 Å². The zero-order valence-corrected chi connectivity index (χ0v) is 15.9. The van der Waals surface area contributed by atoms with Gasteiger partial charge in [-0.05, 0) is 61.1 Å². The Labute approximate surface area is 162 Å². The van der Waals surface area contributed by atoms with Crippen LogP contribution in [0.4, 0.5) is 5.69 Å². The molecule has 136 valence electrons. The van der Waals surface area contributed by atoms with Crippen molar-refractivity contribution in [3.63, 3.8) is 0 Å². The molecule has 1 aliphatic rings. The molecular formula is C19H21ClN4OS. The second kappa shape index (κ2) is 8.03. The molecule has 0 spiro atoms. The summed E-state index contributed by atoms with van der Waals surface area (Å²) >= 11 is 1.69. The highest BCUT2D eigenvalue weighted by atomic mass is 35.5. The number of piperidine rings is 1. The molecule has 3 heterocycles. The maximum atomic E-state index is 13.2. The van der Waals surface area contributed by atoms with Crippen LogP contribution in [0.3, 0.4) is 0 Å². The summed E-state index contributed by atoms with van der Waals surface area (Å²) in [4.78, 5) is 14.4. The fraction of sp³-hybridized carbons (Fsp3) is 0.263. The largest absolute Gasteiger partial charge is 0.324 e. The average Bonchev–Trinajstić information content (AvgIpc) is 3.36. The molecule has 7 heteroatoms. The Hall–Kier alpha value is -2.15. The molecule has 0 radical (unpaired) electrons. The predicted octanol–water partition coefficient (Wildman–Crippen LogP) is 3.75. The first kappa shape index (κ1) is 18.6. The van der Waals surface area contributed by atoms with Crippen molar-refractivity contribution in [1.29, 1.82) is 0 Å². The van der Waals surface area contributed by atoms with Gasteiger partial charge in [-0.15, -0.1) is 23.7 Å². The average molecular weight is 389 g/mol. The maximum absolute atomic E-state index is 13.2. The van der Waals surface area contributed by atoms with Gasteiger partial charge in [-0.25, -0.2) is 0 Å². The molecule has 3 aromatic rings. The lowest BCUT2D eigenvalue weighted by Gasteiger charge is -2.36. The van der Waals surface area contributed by atoms with Gasteiger partial charge >= 0.3 is 0 Å². The van der Waals surface area contributed by atoms with Gasteiger partial charge in [0, 0.05) is 23.0 Å². The molecule has 0 saturated carbocycles. The van der Waals surface area contributed by atoms with Crippen LogP contribution in [0.15, 0.2) is 60.2 Å². The van der Waals surface area contributed by atoms with Gasteiger partial charge in [0.25, 0.3) is 5.91 Å². The number of thiophene rings is 1. The fourth-order valence-corrected chi connectivity index (χ4v) is 4.09. The molecule has 0 atom stereocenters. The molecule has 1 aliphatic heterocycles. The number of carbonyl (C=O) groups is 1. The highest BCUT2D eigenvalue weighted by Crippen LogP contribution is 2.30. The minimum Gasteiger partial charge on any atom is -0.324 e. The van der Waals surface area contributed by atoms with Gasteiger partial charge in [-0.3, -0.25) is 9.48 Å². The minimum atomic E-state index is -0.631. The summed E-state index contributed by atoms with van der Waals surface area (Å²) < 4.78 is 1.81. The number of hydrogen-bond acceptors (Lipinski definition) is 4. The minimum absolute atomic E-state index is 0. The van der Waals surface area contributed by atoms with Crippen LogP contribution in [0.2, 0.25) is 0 Å². The number of nitrogens with one attached hydrogen (secondary N) is 2. The van der Waals surface area contributed by atoms with E-state index in [0.29, 0.717) is 0 Å². The third-order valence-corrected chi connectivity index (χ3v) is 5.64. The lowest BCUT2D eigenvalue weighted by atomic mass is 9.87. The maximum Gasteiger partial charge on any atom is 0.252 e. The monoisotopic (exact) mass is 388 g/mol. The predicted molar refractivity (Wildman–Crippen MR) is 108 cm³/mol. The van der Waals surface area contributed by atoms with Gasteiger partial charge in [0.05, 0.1) is 0 Å². The van der Waals surface area contributed by atoms with Crippen molar-refractivity contribution in [2.75, 3.05) is 18.4 Å². The van der Waals surface area contributed by atoms with Gasteiger partial charge in [0.1, 0.15) is 5.54 Å². The fourth-order valence-electron chi connectivity index (χ4n) is 3.36. The lowest BCUT2D eigenvalue weighted by Crippen LogP contribution is -2.52. The van der Waals surface area contributed by atoms with Crippen molar-refractivity contribution >= 4 is 35.3 Å². The summed E-state index contributed by atoms with van der Waals surface area (Å²) in [5, 5.41) is 12.9. The van der Waals surface area contributed by atoms with E-state index < -0.39 is 5.54 Å². The van der Waals surface area contributed by atoms with Crippen LogP contribution in [0.1, 0.15) is 12.8 Å². The van der Waals surface area contributed by atoms with E-state index in [-0.39, 0.29) is 18.3 Å². The molecule has 0 aliphatic carbocycles. The van der Waals surface area contributed by atoms with Crippen LogP contribution in [-0.4, -0.2) is 28.8 Å². The first-order valence-electron chi connectivity index (χ1n) is 8.44. The van der Waals surface area contributed by atoms with E-state index in [9.17, 15) is 4.79 Å². The molecule has 1 saturated heterocycles. The van der Waals surface area contributed by atoms with E-state index in [1.807, 2.05) is 41.2 Å². The standard InChI is InChI=1S/C19H20N4OS.ClH/c24-18(19(7-10-20-11-8-19)23-12-3-9-21-23)22-16-5-1-4-15(14-16)17-6-2-13-25-17;/h1-6,9,12-14,20H,7-8,10-11H2,(H,22,24);1H. The Morgan fingerprint density at radius 3 is 2.73 bits per heavy atom. The van der Waals surface area contributed by atoms with Crippen molar-refractivity contribution < 1.29 is 4.79 Å². The molecule has 2 N–H and O–H groups in total. The van der Waals surface area contributed by atoms with Crippen molar-refractivity contribution in [2.24, 2.45) is 0 Å². The molecule has 1 fully saturated rings. The Kier molecular flexibility index (Phi) is 5.76. The molecule has 2 aromatic heterocycles. The Morgan fingerprint density at radius 1 is 1.19 bits per heavy atom. The number of hydrogen-bond donors (Lipinski definition) is 2. The van der Waals surface area contributed by atoms with Gasteiger partial charge in [-0.1, -0.05) is 18.2 Å². The summed E-state index contributed by atoms with van der Waals surface area (Å²) in [5.74, 6) is 0.000953. The summed E-state index contributed by atoms with van der Waals surface area (Å²) in [6.45, 7) is 1.62. The number of benzene rings is 1. The number of amides is 1. The van der Waals surface area contributed by atoms with Gasteiger partial charge in [0.2, 0.25) is 0 Å². The van der Waals surface area contributed by atoms with Crippen molar-refractivity contribution in [3.05, 3.63) is 60.2 Å². The van der Waals surface area contributed by atoms with E-state index in [4.69, 9.17) is 0 Å². The number of aromatic nitrogens is 2. The smallest absolute Gasteiger partial charge is 0.252 e. The lowest BCUT2D eigenvalue weighted by molar-refractivity contribution is -0.126. The molecule has 5 nitrogen and oxygen atoms in total. The van der Waals surface area contributed by atoms with Crippen LogP contribution in [-0.2, 0) is 10.3 Å². The second-order valence-electron chi connectivity index (χ2n) is 6.24. The van der Waals surface area contributed by atoms with E-state index in [1.165, 1.54) is 4.88 Å². The van der Waals surface area contributed by atoms with Gasteiger partial charge < -0.3 is 10.6 Å². The van der Waals surface area contributed by atoms with Crippen LogP contribution < -0.4 is 10.6 Å². The van der Waals surface area contributed by atoms with Crippen LogP contribution >= 0.6 is 23.7 Å². The molecule has 0 unspecified atom stereocenters. The highest BCUT2D eigenvalue weighted by Gasteiger charge is 2.42. The second-order valence-corrected chi connectivity index (χ2v) is 7.19. The molecule has 0 bridgehead atoms. The molecule has 1 amide bonds. The summed E-state index contributed by atoms with van der Waals surface area (Å²) in [7, 11) is 0. The number of carbonyl (C=O) groups excluding carboxylic acids is 1. The molecule has 1 aromatic carbocycles. The normalized spacial score (nSPS) is 15.8. The Bertz CT molecular complexity index is 842. The summed E-state index contributed by atoms with van der Waals surface area (Å²) in [6.07, 6.45) is 5.07. The van der Waals surface area contributed by atoms with Crippen molar-refractivity contribution in [3.8, 4) is 10.4 Å². The zero-order valence-electron chi connectivity index (χ0n) is 14.2. The summed E-state index contributed by atoms with van der Waals surface area (Å²) in [5.41, 5.74) is 1.31. The highest BCUT2D eigenvalue weighted by molar-refractivity contribution is 7.13. The SMILES string of the molecule is Cl.O=C(Nc1cccc(-c2cccs2)c1)C1(n2cccn2)CCNCC1. The zero-order chi connectivity index (χ0) is 17.1. The molecular weight excluding hydrogens is 368 g/mol. The first-order chi connectivity index (χ1) is 12.3. The Balaban J connectivity index is 0.00000196. The number of nitrogens with zero attached hydrogens (tertiary/aromatic N) is 2. The van der Waals surface area contributed by atoms with Crippen LogP contribution in [0, 0.1) is 0 Å². The van der Waals surface area contributed by atoms with Gasteiger partial charge in [-0.2, -0.15) is 5.10 Å². The quantitative estimate of drug-likeness (QED) is 0.715. The van der Waals surface area contributed by atoms with E-state index >= 15 is 0 Å². The third-order valence-electron chi connectivity index (χ3n) is 4.72. The van der Waals surface area contributed by atoms with E-state index in [1.54, 1.807) is 17.5 Å². The number of halogens is 1. The van der Waals surface area contributed by atoms with Crippen LogP contribution in [0.5, 0.6) is 0 Å². The third kappa shape index (κ3) is 3.53. The summed E-state index contributed by atoms with van der Waals surface area (Å²) in [6, 6.07) is 14.0. The number of anilines is 1. The first-order valence-corrected chi connectivity index (χ1v) is 9.32. The number of rotatable bonds is 4. The van der Waals surface area contributed by atoms with Crippen molar-refractivity contribution in [1.82, 2.24) is 15.1 Å². The van der Waals surface area contributed by atoms with E-state index in [2.05, 4.69) is 33.2 Å². The Morgan fingerprint density at radius 2 is 2.04 bits per heavy atom. The molecule has 4 rings (SSSR count). The van der Waals surface area contributed by atoms with Crippen LogP contribution in [0.25, 0.3) is 10.4 Å². The van der Waals surface area contributed by atoms with E-state index in [0.717, 1.165) is 37.2 Å². The topological polar surface area (TPSA) is 59.0 Å². The molecule has 26 heavy (non-hydrogen) atoms.